The van der Waals surface area contributed by atoms with Gasteiger partial charge in [0, 0.05) is 34.1 Å². The van der Waals surface area contributed by atoms with Crippen molar-refractivity contribution in [1.29, 1.82) is 0 Å². The van der Waals surface area contributed by atoms with Gasteiger partial charge in [-0.1, -0.05) is 182 Å². The van der Waals surface area contributed by atoms with Gasteiger partial charge in [0.2, 0.25) is 0 Å². The normalized spacial score (nSPS) is 12.2. The summed E-state index contributed by atoms with van der Waals surface area (Å²) in [7, 11) is 0. The summed E-state index contributed by atoms with van der Waals surface area (Å²) in [5.41, 5.74) is 13.9. The number of rotatable bonds is 7. The zero-order chi connectivity index (χ0) is 37.3. The van der Waals surface area contributed by atoms with E-state index in [1.165, 1.54) is 27.8 Å². The molecule has 0 N–H and O–H groups in total. The van der Waals surface area contributed by atoms with Gasteiger partial charge in [-0.2, -0.15) is 0 Å². The Hall–Kier alpha value is -7.43. The van der Waals surface area contributed by atoms with Crippen molar-refractivity contribution < 1.29 is 4.42 Å². The average molecular weight is 718 g/mol. The molecule has 4 heteroatoms. The molecule has 0 radical (unpaired) electrons. The van der Waals surface area contributed by atoms with Crippen molar-refractivity contribution >= 4 is 16.5 Å². The summed E-state index contributed by atoms with van der Waals surface area (Å²) in [5.74, 6) is 2.73. The molecule has 0 fully saturated rings. The van der Waals surface area contributed by atoms with Crippen molar-refractivity contribution in [2.75, 3.05) is 0 Å². The van der Waals surface area contributed by atoms with E-state index in [1.807, 2.05) is 48.5 Å². The van der Waals surface area contributed by atoms with Crippen LogP contribution in [-0.4, -0.2) is 15.0 Å². The molecule has 0 saturated carbocycles. The molecule has 4 nitrogen and oxygen atoms in total. The number of para-hydroxylation sites is 1. The van der Waals surface area contributed by atoms with Gasteiger partial charge in [0.15, 0.2) is 17.5 Å². The number of aromatic nitrogens is 3. The van der Waals surface area contributed by atoms with Crippen LogP contribution in [0.25, 0.3) is 83.8 Å². The monoisotopic (exact) mass is 717 g/mol. The highest BCUT2D eigenvalue weighted by Crippen LogP contribution is 2.44. The van der Waals surface area contributed by atoms with Crippen molar-refractivity contribution in [3.05, 3.63) is 217 Å². The number of hydrogen-bond acceptors (Lipinski definition) is 4. The van der Waals surface area contributed by atoms with Crippen LogP contribution in [0.5, 0.6) is 0 Å². The highest BCUT2D eigenvalue weighted by molar-refractivity contribution is 5.99. The van der Waals surface area contributed by atoms with Crippen LogP contribution in [0.2, 0.25) is 0 Å². The summed E-state index contributed by atoms with van der Waals surface area (Å²) in [6, 6.07) is 63.6. The van der Waals surface area contributed by atoms with Gasteiger partial charge in [0.25, 0.3) is 0 Å². The maximum absolute atomic E-state index is 6.36. The van der Waals surface area contributed by atoms with E-state index in [2.05, 4.69) is 152 Å². The molecule has 10 rings (SSSR count). The fourth-order valence-corrected chi connectivity index (χ4v) is 7.71. The van der Waals surface area contributed by atoms with Crippen LogP contribution >= 0.6 is 0 Å². The second-order valence-electron chi connectivity index (χ2n) is 13.9. The van der Waals surface area contributed by atoms with Crippen LogP contribution in [0.15, 0.2) is 205 Å². The first-order valence-corrected chi connectivity index (χ1v) is 18.9. The maximum atomic E-state index is 6.36. The number of hydrogen-bond donors (Lipinski definition) is 0. The second-order valence-corrected chi connectivity index (χ2v) is 13.9. The largest absolute Gasteiger partial charge is 0.460 e. The minimum atomic E-state index is 0.603. The van der Waals surface area contributed by atoms with E-state index in [-0.39, 0.29) is 0 Å². The van der Waals surface area contributed by atoms with Gasteiger partial charge >= 0.3 is 0 Å². The topological polar surface area (TPSA) is 51.8 Å². The smallest absolute Gasteiger partial charge is 0.164 e. The number of benzene rings is 7. The van der Waals surface area contributed by atoms with Gasteiger partial charge < -0.3 is 4.42 Å². The first-order chi connectivity index (χ1) is 27.8. The van der Waals surface area contributed by atoms with Gasteiger partial charge in [-0.25, -0.2) is 15.0 Å². The standard InChI is InChI=1S/C52H35N3O/c1-5-17-35(18-6-1)41-33-44(36-19-7-2-8-20-36)48(45(34-41)37-21-9-3-10-22-37)38-29-31-40(32-30-38)51-53-50(39-23-11-4-12-24-39)54-52(55-51)43-26-14-16-28-47-49(43)42-25-13-15-27-46(42)56-47/h1-27,29-34H,28H2. The van der Waals surface area contributed by atoms with E-state index in [4.69, 9.17) is 19.4 Å². The molecule has 0 saturated heterocycles. The predicted molar refractivity (Wildman–Crippen MR) is 229 cm³/mol. The SMILES string of the molecule is C1=CCc2oc3ccccc3c2C(c2nc(-c3ccccc3)nc(-c3ccc(-c4c(-c5ccccc5)cc(-c5ccccc5)cc4-c4ccccc4)cc3)n2)=C1. The van der Waals surface area contributed by atoms with Crippen molar-refractivity contribution in [2.45, 2.75) is 6.42 Å². The summed E-state index contributed by atoms with van der Waals surface area (Å²) in [6.45, 7) is 0. The lowest BCUT2D eigenvalue weighted by atomic mass is 9.84. The molecule has 0 atom stereocenters. The third kappa shape index (κ3) is 6.23. The van der Waals surface area contributed by atoms with Crippen molar-refractivity contribution in [2.24, 2.45) is 0 Å². The molecule has 0 amide bonds. The Balaban J connectivity index is 1.14. The molecule has 0 bridgehead atoms. The molecule has 1 aliphatic rings. The molecule has 56 heavy (non-hydrogen) atoms. The molecule has 0 aliphatic heterocycles. The van der Waals surface area contributed by atoms with Crippen molar-refractivity contribution in [1.82, 2.24) is 15.0 Å². The number of nitrogens with zero attached hydrogens (tertiary/aromatic N) is 3. The van der Waals surface area contributed by atoms with Gasteiger partial charge in [0.05, 0.1) is 0 Å². The highest BCUT2D eigenvalue weighted by Gasteiger charge is 2.24. The van der Waals surface area contributed by atoms with Crippen molar-refractivity contribution in [3.8, 4) is 67.3 Å². The molecule has 2 heterocycles. The quantitative estimate of drug-likeness (QED) is 0.165. The van der Waals surface area contributed by atoms with Crippen molar-refractivity contribution in [3.63, 3.8) is 0 Å². The highest BCUT2D eigenvalue weighted by atomic mass is 16.3. The summed E-state index contributed by atoms with van der Waals surface area (Å²) >= 11 is 0. The third-order valence-electron chi connectivity index (χ3n) is 10.4. The molecule has 7 aromatic carbocycles. The Morgan fingerprint density at radius 3 is 1.48 bits per heavy atom. The molecular formula is C52H35N3O. The Kier molecular flexibility index (Phi) is 8.54. The average Bonchev–Trinajstić information content (AvgIpc) is 3.51. The summed E-state index contributed by atoms with van der Waals surface area (Å²) in [6.07, 6.45) is 6.97. The zero-order valence-corrected chi connectivity index (χ0v) is 30.5. The summed E-state index contributed by atoms with van der Waals surface area (Å²) < 4.78 is 6.36. The minimum absolute atomic E-state index is 0.603. The molecule has 0 spiro atoms. The van der Waals surface area contributed by atoms with Crippen LogP contribution in [-0.2, 0) is 6.42 Å². The van der Waals surface area contributed by atoms with E-state index in [0.29, 0.717) is 23.9 Å². The molecule has 1 aliphatic carbocycles. The molecule has 264 valence electrons. The molecule has 0 unspecified atom stereocenters. The van der Waals surface area contributed by atoms with E-state index < -0.39 is 0 Å². The number of fused-ring (bicyclic) bond motifs is 3. The Labute approximate surface area is 325 Å². The van der Waals surface area contributed by atoms with Crippen LogP contribution in [0.4, 0.5) is 0 Å². The second kappa shape index (κ2) is 14.4. The van der Waals surface area contributed by atoms with Gasteiger partial charge in [-0.3, -0.25) is 0 Å². The zero-order valence-electron chi connectivity index (χ0n) is 30.5. The van der Waals surface area contributed by atoms with Gasteiger partial charge in [0.1, 0.15) is 11.3 Å². The van der Waals surface area contributed by atoms with Crippen LogP contribution in [0, 0.1) is 0 Å². The van der Waals surface area contributed by atoms with Crippen LogP contribution < -0.4 is 0 Å². The number of furan rings is 1. The fourth-order valence-electron chi connectivity index (χ4n) is 7.71. The first-order valence-electron chi connectivity index (χ1n) is 18.9. The molecule has 9 aromatic rings. The molecule has 2 aromatic heterocycles. The lowest BCUT2D eigenvalue weighted by molar-refractivity contribution is 0.564. The summed E-state index contributed by atoms with van der Waals surface area (Å²) in [5, 5.41) is 1.05. The first kappa shape index (κ1) is 33.2. The van der Waals surface area contributed by atoms with E-state index in [1.54, 1.807) is 0 Å². The third-order valence-corrected chi connectivity index (χ3v) is 10.4. The van der Waals surface area contributed by atoms with Gasteiger partial charge in [-0.05, 0) is 62.7 Å². The Bertz CT molecular complexity index is 2830. The maximum Gasteiger partial charge on any atom is 0.164 e. The Morgan fingerprint density at radius 2 is 0.875 bits per heavy atom. The Morgan fingerprint density at radius 1 is 0.393 bits per heavy atom. The van der Waals surface area contributed by atoms with Crippen LogP contribution in [0.3, 0.4) is 0 Å². The lowest BCUT2D eigenvalue weighted by Crippen LogP contribution is -2.04. The van der Waals surface area contributed by atoms with E-state index in [0.717, 1.165) is 55.7 Å². The summed E-state index contributed by atoms with van der Waals surface area (Å²) in [4.78, 5) is 15.4. The lowest BCUT2D eigenvalue weighted by Gasteiger charge is -2.19. The molecular weight excluding hydrogens is 683 g/mol. The van der Waals surface area contributed by atoms with E-state index in [9.17, 15) is 0 Å². The number of allylic oxidation sites excluding steroid dienone is 3. The van der Waals surface area contributed by atoms with Gasteiger partial charge in [-0.15, -0.1) is 0 Å². The fraction of sp³-hybridized carbons (Fsp3) is 0.0192. The van der Waals surface area contributed by atoms with E-state index >= 15 is 0 Å². The minimum Gasteiger partial charge on any atom is -0.460 e. The predicted octanol–water partition coefficient (Wildman–Crippen LogP) is 13.2. The van der Waals surface area contributed by atoms with Crippen LogP contribution in [0.1, 0.15) is 17.1 Å².